The highest BCUT2D eigenvalue weighted by Crippen LogP contribution is 2.51. The van der Waals surface area contributed by atoms with Crippen LogP contribution in [0.15, 0.2) is 18.2 Å². The fourth-order valence-corrected chi connectivity index (χ4v) is 3.15. The van der Waals surface area contributed by atoms with Gasteiger partial charge in [-0.1, -0.05) is 20.3 Å². The third-order valence-electron chi connectivity index (χ3n) is 4.28. The molecule has 104 valence electrons. The molecule has 1 atom stereocenters. The minimum absolute atomic E-state index is 0.252. The van der Waals surface area contributed by atoms with Gasteiger partial charge >= 0.3 is 5.97 Å². The van der Waals surface area contributed by atoms with Crippen LogP contribution >= 0.6 is 0 Å². The van der Waals surface area contributed by atoms with Crippen molar-refractivity contribution < 1.29 is 14.3 Å². The number of carbonyl (C=O) groups is 1. The van der Waals surface area contributed by atoms with Crippen LogP contribution in [0, 0.1) is 5.41 Å². The molecule has 1 unspecified atom stereocenters. The van der Waals surface area contributed by atoms with Gasteiger partial charge < -0.3 is 9.47 Å². The number of benzene rings is 1. The molecule has 2 rings (SSSR count). The highest BCUT2D eigenvalue weighted by Gasteiger charge is 2.37. The molecule has 0 aromatic heterocycles. The van der Waals surface area contributed by atoms with Crippen LogP contribution in [0.5, 0.6) is 5.75 Å². The number of hydrogen-bond donors (Lipinski definition) is 0. The molecule has 1 fully saturated rings. The molecule has 0 heterocycles. The number of hydrogen-bond acceptors (Lipinski definition) is 3. The van der Waals surface area contributed by atoms with Crippen LogP contribution in [-0.4, -0.2) is 20.2 Å². The van der Waals surface area contributed by atoms with E-state index in [4.69, 9.17) is 9.47 Å². The van der Waals surface area contributed by atoms with Gasteiger partial charge in [0.05, 0.1) is 19.8 Å². The van der Waals surface area contributed by atoms with E-state index in [-0.39, 0.29) is 11.4 Å². The van der Waals surface area contributed by atoms with Crippen molar-refractivity contribution in [3.63, 3.8) is 0 Å². The summed E-state index contributed by atoms with van der Waals surface area (Å²) in [5.74, 6) is 1.01. The third kappa shape index (κ3) is 2.60. The Balaban J connectivity index is 2.44. The van der Waals surface area contributed by atoms with Gasteiger partial charge in [-0.25, -0.2) is 4.79 Å². The van der Waals surface area contributed by atoms with Gasteiger partial charge in [-0.05, 0) is 47.9 Å². The van der Waals surface area contributed by atoms with Gasteiger partial charge in [-0.2, -0.15) is 0 Å². The molecular formula is C16H22O3. The molecule has 1 aromatic carbocycles. The zero-order valence-corrected chi connectivity index (χ0v) is 12.2. The van der Waals surface area contributed by atoms with Crippen molar-refractivity contribution in [2.45, 2.75) is 39.0 Å². The van der Waals surface area contributed by atoms with E-state index in [0.717, 1.165) is 17.7 Å². The fourth-order valence-electron chi connectivity index (χ4n) is 3.15. The summed E-state index contributed by atoms with van der Waals surface area (Å²) < 4.78 is 10.3. The van der Waals surface area contributed by atoms with Gasteiger partial charge in [-0.3, -0.25) is 0 Å². The lowest BCUT2D eigenvalue weighted by molar-refractivity contribution is 0.0600. The molecule has 1 aliphatic carbocycles. The van der Waals surface area contributed by atoms with E-state index in [1.54, 1.807) is 13.2 Å². The summed E-state index contributed by atoms with van der Waals surface area (Å²) in [6.45, 7) is 4.57. The topological polar surface area (TPSA) is 35.5 Å². The average Bonchev–Trinajstić information content (AvgIpc) is 2.76. The molecule has 0 spiro atoms. The second kappa shape index (κ2) is 5.24. The Morgan fingerprint density at radius 1 is 1.32 bits per heavy atom. The van der Waals surface area contributed by atoms with Gasteiger partial charge in [-0.15, -0.1) is 0 Å². The molecule has 19 heavy (non-hydrogen) atoms. The first-order chi connectivity index (χ1) is 8.99. The number of rotatable bonds is 3. The first-order valence-corrected chi connectivity index (χ1v) is 6.76. The van der Waals surface area contributed by atoms with Crippen molar-refractivity contribution in [1.29, 1.82) is 0 Å². The summed E-state index contributed by atoms with van der Waals surface area (Å²) in [6, 6.07) is 5.56. The Kier molecular flexibility index (Phi) is 3.83. The Labute approximate surface area is 114 Å². The van der Waals surface area contributed by atoms with Crippen molar-refractivity contribution in [2.75, 3.05) is 14.2 Å². The van der Waals surface area contributed by atoms with Gasteiger partial charge in [0.2, 0.25) is 0 Å². The van der Waals surface area contributed by atoms with E-state index >= 15 is 0 Å². The average molecular weight is 262 g/mol. The maximum absolute atomic E-state index is 11.7. The van der Waals surface area contributed by atoms with Gasteiger partial charge in [0, 0.05) is 0 Å². The summed E-state index contributed by atoms with van der Waals surface area (Å²) in [4.78, 5) is 11.7. The molecule has 0 N–H and O–H groups in total. The second-order valence-corrected chi connectivity index (χ2v) is 5.88. The number of esters is 1. The third-order valence-corrected chi connectivity index (χ3v) is 4.28. The predicted octanol–water partition coefficient (Wildman–Crippen LogP) is 3.78. The first-order valence-electron chi connectivity index (χ1n) is 6.76. The van der Waals surface area contributed by atoms with Crippen LogP contribution in [0.25, 0.3) is 0 Å². The fraction of sp³-hybridized carbons (Fsp3) is 0.562. The smallest absolute Gasteiger partial charge is 0.337 e. The van der Waals surface area contributed by atoms with Crippen LogP contribution < -0.4 is 4.74 Å². The Morgan fingerprint density at radius 2 is 2.05 bits per heavy atom. The maximum atomic E-state index is 11.7. The lowest BCUT2D eigenvalue weighted by atomic mass is 9.77. The molecule has 1 aliphatic rings. The Hall–Kier alpha value is -1.51. The molecule has 0 bridgehead atoms. The molecule has 1 saturated carbocycles. The largest absolute Gasteiger partial charge is 0.496 e. The van der Waals surface area contributed by atoms with Crippen LogP contribution in [0.2, 0.25) is 0 Å². The molecular weight excluding hydrogens is 240 g/mol. The normalized spacial score (nSPS) is 21.2. The molecule has 0 radical (unpaired) electrons. The number of methoxy groups -OCH3 is 2. The number of carbonyl (C=O) groups excluding carboxylic acids is 1. The minimum atomic E-state index is -0.292. The minimum Gasteiger partial charge on any atom is -0.496 e. The zero-order valence-electron chi connectivity index (χ0n) is 12.2. The van der Waals surface area contributed by atoms with Gasteiger partial charge in [0.15, 0.2) is 0 Å². The van der Waals surface area contributed by atoms with E-state index in [0.29, 0.717) is 11.5 Å². The lowest BCUT2D eigenvalue weighted by Gasteiger charge is -2.28. The summed E-state index contributed by atoms with van der Waals surface area (Å²) in [7, 11) is 3.09. The summed E-state index contributed by atoms with van der Waals surface area (Å²) in [5.41, 5.74) is 1.98. The summed E-state index contributed by atoms with van der Waals surface area (Å²) >= 11 is 0. The molecule has 0 amide bonds. The van der Waals surface area contributed by atoms with Crippen molar-refractivity contribution in [3.8, 4) is 5.75 Å². The van der Waals surface area contributed by atoms with Crippen molar-refractivity contribution in [1.82, 2.24) is 0 Å². The zero-order chi connectivity index (χ0) is 14.0. The standard InChI is InChI=1S/C16H22O3/c1-16(2)9-5-6-13(16)12-10-11(15(17)19-4)7-8-14(12)18-3/h7-8,10,13H,5-6,9H2,1-4H3. The van der Waals surface area contributed by atoms with Crippen LogP contribution in [-0.2, 0) is 4.74 Å². The van der Waals surface area contributed by atoms with E-state index in [2.05, 4.69) is 13.8 Å². The van der Waals surface area contributed by atoms with E-state index in [1.807, 2.05) is 12.1 Å². The Morgan fingerprint density at radius 3 is 2.58 bits per heavy atom. The highest BCUT2D eigenvalue weighted by atomic mass is 16.5. The van der Waals surface area contributed by atoms with Crippen LogP contribution in [0.1, 0.15) is 54.9 Å². The quantitative estimate of drug-likeness (QED) is 0.778. The Bertz CT molecular complexity index is 477. The van der Waals surface area contributed by atoms with Gasteiger partial charge in [0.1, 0.15) is 5.75 Å². The number of ether oxygens (including phenoxy) is 2. The van der Waals surface area contributed by atoms with Crippen LogP contribution in [0.3, 0.4) is 0 Å². The SMILES string of the molecule is COC(=O)c1ccc(OC)c(C2CCCC2(C)C)c1. The van der Waals surface area contributed by atoms with Gasteiger partial charge in [0.25, 0.3) is 0 Å². The molecule has 3 nitrogen and oxygen atoms in total. The van der Waals surface area contributed by atoms with Crippen LogP contribution in [0.4, 0.5) is 0 Å². The summed E-state index contributed by atoms with van der Waals surface area (Å²) in [6.07, 6.45) is 3.58. The second-order valence-electron chi connectivity index (χ2n) is 5.88. The molecule has 0 aliphatic heterocycles. The van der Waals surface area contributed by atoms with Crippen molar-refractivity contribution in [3.05, 3.63) is 29.3 Å². The molecule has 3 heteroatoms. The van der Waals surface area contributed by atoms with E-state index < -0.39 is 0 Å². The van der Waals surface area contributed by atoms with E-state index in [1.165, 1.54) is 20.0 Å². The highest BCUT2D eigenvalue weighted by molar-refractivity contribution is 5.89. The maximum Gasteiger partial charge on any atom is 0.337 e. The lowest BCUT2D eigenvalue weighted by Crippen LogP contribution is -2.17. The van der Waals surface area contributed by atoms with E-state index in [9.17, 15) is 4.79 Å². The monoisotopic (exact) mass is 262 g/mol. The summed E-state index contributed by atoms with van der Waals surface area (Å²) in [5, 5.41) is 0. The first kappa shape index (κ1) is 13.9. The van der Waals surface area contributed by atoms with Crippen molar-refractivity contribution in [2.24, 2.45) is 5.41 Å². The van der Waals surface area contributed by atoms with Crippen molar-refractivity contribution >= 4 is 5.97 Å². The predicted molar refractivity (Wildman–Crippen MR) is 74.7 cm³/mol. The molecule has 0 saturated heterocycles. The molecule has 1 aromatic rings.